The Morgan fingerprint density at radius 3 is 2.50 bits per heavy atom. The van der Waals surface area contributed by atoms with Crippen LogP contribution in [0.1, 0.15) is 27.3 Å². The van der Waals surface area contributed by atoms with Gasteiger partial charge in [0.1, 0.15) is 18.2 Å². The van der Waals surface area contributed by atoms with E-state index >= 15 is 0 Å². The number of ether oxygens (including phenoxy) is 1. The number of rotatable bonds is 6. The second kappa shape index (κ2) is 8.21. The van der Waals surface area contributed by atoms with Gasteiger partial charge in [0.05, 0.1) is 17.9 Å². The number of aryl methyl sites for hydroxylation is 3. The number of hydrogen-bond acceptors (Lipinski definition) is 4. The molecule has 1 aromatic heterocycles. The number of halogens is 1. The van der Waals surface area contributed by atoms with Crippen molar-refractivity contribution in [2.24, 2.45) is 0 Å². The standard InChI is InChI=1S/C21H23FN4O2/c1-14-5-10-19(15(2)13-14)26-23-16(3)20(24-26)21(27)25(4)11-12-28-18-8-6-17(22)7-9-18/h5-10,13H,11-12H2,1-4H3. The number of aromatic nitrogens is 3. The third-order valence-electron chi connectivity index (χ3n) is 4.41. The molecule has 0 N–H and O–H groups in total. The van der Waals surface area contributed by atoms with Gasteiger partial charge in [0.25, 0.3) is 5.91 Å². The van der Waals surface area contributed by atoms with Crippen LogP contribution in [0.25, 0.3) is 5.69 Å². The molecule has 7 heteroatoms. The van der Waals surface area contributed by atoms with Gasteiger partial charge in [-0.25, -0.2) is 4.39 Å². The van der Waals surface area contributed by atoms with Gasteiger partial charge in [-0.15, -0.1) is 5.10 Å². The summed E-state index contributed by atoms with van der Waals surface area (Å²) in [6.45, 7) is 6.44. The minimum atomic E-state index is -0.318. The van der Waals surface area contributed by atoms with Gasteiger partial charge in [0.15, 0.2) is 5.69 Å². The summed E-state index contributed by atoms with van der Waals surface area (Å²) in [4.78, 5) is 15.8. The molecular weight excluding hydrogens is 359 g/mol. The van der Waals surface area contributed by atoms with Crippen molar-refractivity contribution in [1.82, 2.24) is 19.9 Å². The van der Waals surface area contributed by atoms with E-state index in [0.29, 0.717) is 23.7 Å². The number of nitrogens with zero attached hydrogens (tertiary/aromatic N) is 4. The molecule has 1 amide bonds. The largest absolute Gasteiger partial charge is 0.492 e. The minimum absolute atomic E-state index is 0.226. The van der Waals surface area contributed by atoms with Crippen LogP contribution in [-0.4, -0.2) is 46.0 Å². The van der Waals surface area contributed by atoms with Crippen LogP contribution >= 0.6 is 0 Å². The molecular formula is C21H23FN4O2. The topological polar surface area (TPSA) is 60.2 Å². The van der Waals surface area contributed by atoms with Crippen molar-refractivity contribution < 1.29 is 13.9 Å². The summed E-state index contributed by atoms with van der Waals surface area (Å²) in [5.41, 5.74) is 3.91. The Labute approximate surface area is 163 Å². The van der Waals surface area contributed by atoms with Crippen molar-refractivity contribution >= 4 is 5.91 Å². The Bertz CT molecular complexity index is 983. The zero-order valence-electron chi connectivity index (χ0n) is 16.4. The van der Waals surface area contributed by atoms with Gasteiger partial charge in [-0.05, 0) is 56.7 Å². The minimum Gasteiger partial charge on any atom is -0.492 e. The Hall–Kier alpha value is -3.22. The molecule has 3 aromatic rings. The summed E-state index contributed by atoms with van der Waals surface area (Å²) in [6.07, 6.45) is 0. The lowest BCUT2D eigenvalue weighted by Crippen LogP contribution is -2.31. The molecule has 0 fully saturated rings. The number of carbonyl (C=O) groups is 1. The summed E-state index contributed by atoms with van der Waals surface area (Å²) in [5.74, 6) is 0.0115. The molecule has 0 atom stereocenters. The molecule has 0 radical (unpaired) electrons. The molecule has 1 heterocycles. The highest BCUT2D eigenvalue weighted by atomic mass is 19.1. The van der Waals surface area contributed by atoms with E-state index in [1.54, 1.807) is 26.1 Å². The van der Waals surface area contributed by atoms with Crippen LogP contribution in [0.4, 0.5) is 4.39 Å². The van der Waals surface area contributed by atoms with E-state index in [1.807, 2.05) is 26.0 Å². The maximum Gasteiger partial charge on any atom is 0.276 e. The second-order valence-corrected chi connectivity index (χ2v) is 6.74. The Morgan fingerprint density at radius 2 is 1.82 bits per heavy atom. The Balaban J connectivity index is 1.66. The highest BCUT2D eigenvalue weighted by Crippen LogP contribution is 2.16. The zero-order valence-corrected chi connectivity index (χ0v) is 16.4. The smallest absolute Gasteiger partial charge is 0.276 e. The number of likely N-dealkylation sites (N-methyl/N-ethyl adjacent to an activating group) is 1. The van der Waals surface area contributed by atoms with Crippen molar-refractivity contribution in [2.75, 3.05) is 20.2 Å². The molecule has 146 valence electrons. The number of carbonyl (C=O) groups excluding carboxylic acids is 1. The predicted octanol–water partition coefficient (Wildman–Crippen LogP) is 3.48. The first-order valence-electron chi connectivity index (χ1n) is 9.00. The normalized spacial score (nSPS) is 10.8. The highest BCUT2D eigenvalue weighted by Gasteiger charge is 2.20. The Morgan fingerprint density at radius 1 is 1.11 bits per heavy atom. The monoisotopic (exact) mass is 382 g/mol. The maximum atomic E-state index is 12.9. The van der Waals surface area contributed by atoms with Crippen LogP contribution in [0.2, 0.25) is 0 Å². The second-order valence-electron chi connectivity index (χ2n) is 6.74. The predicted molar refractivity (Wildman–Crippen MR) is 104 cm³/mol. The van der Waals surface area contributed by atoms with Gasteiger partial charge in [-0.3, -0.25) is 4.79 Å². The quantitative estimate of drug-likeness (QED) is 0.655. The lowest BCUT2D eigenvalue weighted by atomic mass is 10.1. The van der Waals surface area contributed by atoms with E-state index in [0.717, 1.165) is 16.8 Å². The van der Waals surface area contributed by atoms with Crippen molar-refractivity contribution in [2.45, 2.75) is 20.8 Å². The molecule has 0 aliphatic rings. The first-order valence-corrected chi connectivity index (χ1v) is 9.00. The lowest BCUT2D eigenvalue weighted by Gasteiger charge is -2.16. The lowest BCUT2D eigenvalue weighted by molar-refractivity contribution is 0.0767. The average Bonchev–Trinajstić information content (AvgIpc) is 3.04. The third-order valence-corrected chi connectivity index (χ3v) is 4.41. The number of amides is 1. The van der Waals surface area contributed by atoms with E-state index in [1.165, 1.54) is 21.8 Å². The number of hydrogen-bond donors (Lipinski definition) is 0. The van der Waals surface area contributed by atoms with Crippen LogP contribution in [0.5, 0.6) is 5.75 Å². The van der Waals surface area contributed by atoms with Crippen LogP contribution in [0, 0.1) is 26.6 Å². The van der Waals surface area contributed by atoms with Gasteiger partial charge in [-0.2, -0.15) is 9.90 Å². The van der Waals surface area contributed by atoms with E-state index in [-0.39, 0.29) is 18.3 Å². The fourth-order valence-electron chi connectivity index (χ4n) is 2.83. The fraction of sp³-hybridized carbons (Fsp3) is 0.286. The van der Waals surface area contributed by atoms with E-state index < -0.39 is 0 Å². The van der Waals surface area contributed by atoms with Crippen molar-refractivity contribution in [1.29, 1.82) is 0 Å². The summed E-state index contributed by atoms with van der Waals surface area (Å²) in [5, 5.41) is 8.80. The summed E-state index contributed by atoms with van der Waals surface area (Å²) in [7, 11) is 1.69. The Kier molecular flexibility index (Phi) is 5.73. The molecule has 0 saturated carbocycles. The van der Waals surface area contributed by atoms with E-state index in [2.05, 4.69) is 16.3 Å². The first-order chi connectivity index (χ1) is 13.3. The molecule has 0 aliphatic carbocycles. The third kappa shape index (κ3) is 4.36. The van der Waals surface area contributed by atoms with Crippen molar-refractivity contribution in [3.05, 3.63) is 70.8 Å². The summed E-state index contributed by atoms with van der Waals surface area (Å²) < 4.78 is 18.5. The van der Waals surface area contributed by atoms with Gasteiger partial charge < -0.3 is 9.64 Å². The van der Waals surface area contributed by atoms with Gasteiger partial charge in [0.2, 0.25) is 0 Å². The molecule has 0 bridgehead atoms. The van der Waals surface area contributed by atoms with E-state index in [4.69, 9.17) is 4.74 Å². The van der Waals surface area contributed by atoms with E-state index in [9.17, 15) is 9.18 Å². The fourth-order valence-corrected chi connectivity index (χ4v) is 2.83. The van der Waals surface area contributed by atoms with Crippen LogP contribution < -0.4 is 4.74 Å². The van der Waals surface area contributed by atoms with Gasteiger partial charge in [-0.1, -0.05) is 17.7 Å². The summed E-state index contributed by atoms with van der Waals surface area (Å²) in [6, 6.07) is 11.7. The van der Waals surface area contributed by atoms with Crippen molar-refractivity contribution in [3.8, 4) is 11.4 Å². The van der Waals surface area contributed by atoms with Crippen molar-refractivity contribution in [3.63, 3.8) is 0 Å². The molecule has 28 heavy (non-hydrogen) atoms. The summed E-state index contributed by atoms with van der Waals surface area (Å²) >= 11 is 0. The first kappa shape index (κ1) is 19.5. The number of benzene rings is 2. The van der Waals surface area contributed by atoms with Crippen LogP contribution in [-0.2, 0) is 0 Å². The molecule has 2 aromatic carbocycles. The zero-order chi connectivity index (χ0) is 20.3. The molecule has 0 unspecified atom stereocenters. The highest BCUT2D eigenvalue weighted by molar-refractivity contribution is 5.93. The maximum absolute atomic E-state index is 12.9. The SMILES string of the molecule is Cc1ccc(-n2nc(C)c(C(=O)N(C)CCOc3ccc(F)cc3)n2)c(C)c1. The average molecular weight is 382 g/mol. The molecule has 6 nitrogen and oxygen atoms in total. The molecule has 0 saturated heterocycles. The van der Waals surface area contributed by atoms with Crippen LogP contribution in [0.15, 0.2) is 42.5 Å². The molecule has 0 spiro atoms. The van der Waals surface area contributed by atoms with Crippen LogP contribution in [0.3, 0.4) is 0 Å². The van der Waals surface area contributed by atoms with Gasteiger partial charge >= 0.3 is 0 Å². The molecule has 0 aliphatic heterocycles. The molecule has 3 rings (SSSR count). The van der Waals surface area contributed by atoms with Gasteiger partial charge in [0, 0.05) is 7.05 Å².